The lowest BCUT2D eigenvalue weighted by atomic mass is 10.0. The van der Waals surface area contributed by atoms with Gasteiger partial charge in [0.1, 0.15) is 16.9 Å². The number of benzene rings is 1. The van der Waals surface area contributed by atoms with E-state index in [0.29, 0.717) is 22.8 Å². The third kappa shape index (κ3) is 3.73. The van der Waals surface area contributed by atoms with Crippen molar-refractivity contribution in [2.45, 2.75) is 18.9 Å². The highest BCUT2D eigenvalue weighted by Gasteiger charge is 2.29. The zero-order valence-electron chi connectivity index (χ0n) is 18.3. The van der Waals surface area contributed by atoms with E-state index in [-0.39, 0.29) is 11.9 Å². The van der Waals surface area contributed by atoms with Crippen molar-refractivity contribution in [3.63, 3.8) is 0 Å². The van der Waals surface area contributed by atoms with Crippen molar-refractivity contribution in [3.05, 3.63) is 48.4 Å². The Morgan fingerprint density at radius 2 is 1.82 bits per heavy atom. The molecule has 5 heterocycles. The highest BCUT2D eigenvalue weighted by atomic mass is 16.5. The standard InChI is InChI=1S/C24H26N6O3/c25-24-27-19-13-16(1-3-21(19)33-24)17-2-4-22-26-14-20(30(22)15-17)23(31)29-7-5-18(6-8-29)28-9-11-32-12-10-28/h1-4,13-15,18H,5-12H2,(H2,25,27). The normalized spacial score (nSPS) is 18.4. The molecule has 0 saturated carbocycles. The minimum atomic E-state index is 0.0276. The van der Waals surface area contributed by atoms with Crippen molar-refractivity contribution in [2.24, 2.45) is 0 Å². The lowest BCUT2D eigenvalue weighted by Crippen LogP contribution is -2.50. The molecular formula is C24H26N6O3. The Hall–Kier alpha value is -3.43. The van der Waals surface area contributed by atoms with Crippen molar-refractivity contribution in [2.75, 3.05) is 45.1 Å². The molecule has 4 aromatic rings. The fourth-order valence-electron chi connectivity index (χ4n) is 4.97. The van der Waals surface area contributed by atoms with E-state index < -0.39 is 0 Å². The minimum Gasteiger partial charge on any atom is -0.424 e. The first kappa shape index (κ1) is 20.2. The van der Waals surface area contributed by atoms with E-state index in [1.165, 1.54) is 0 Å². The van der Waals surface area contributed by atoms with E-state index in [1.807, 2.05) is 45.8 Å². The van der Waals surface area contributed by atoms with E-state index >= 15 is 0 Å². The number of hydrogen-bond donors (Lipinski definition) is 1. The van der Waals surface area contributed by atoms with Gasteiger partial charge in [0.05, 0.1) is 19.4 Å². The molecule has 3 aromatic heterocycles. The van der Waals surface area contributed by atoms with Gasteiger partial charge in [-0.1, -0.05) is 6.07 Å². The van der Waals surface area contributed by atoms with E-state index in [4.69, 9.17) is 14.9 Å². The van der Waals surface area contributed by atoms with Crippen molar-refractivity contribution in [1.29, 1.82) is 0 Å². The van der Waals surface area contributed by atoms with Crippen LogP contribution in [-0.2, 0) is 4.74 Å². The van der Waals surface area contributed by atoms with Crippen molar-refractivity contribution < 1.29 is 13.9 Å². The average molecular weight is 447 g/mol. The summed E-state index contributed by atoms with van der Waals surface area (Å²) >= 11 is 0. The highest BCUT2D eigenvalue weighted by Crippen LogP contribution is 2.27. The Kier molecular flexibility index (Phi) is 5.00. The second kappa shape index (κ2) is 8.17. The summed E-state index contributed by atoms with van der Waals surface area (Å²) in [5, 5.41) is 0. The summed E-state index contributed by atoms with van der Waals surface area (Å²) in [4.78, 5) is 26.5. The van der Waals surface area contributed by atoms with Gasteiger partial charge in [-0.15, -0.1) is 0 Å². The van der Waals surface area contributed by atoms with Crippen molar-refractivity contribution >= 4 is 28.7 Å². The summed E-state index contributed by atoms with van der Waals surface area (Å²) in [5.41, 5.74) is 10.3. The number of oxazole rings is 1. The number of morpholine rings is 1. The fraction of sp³-hybridized carbons (Fsp3) is 0.375. The van der Waals surface area contributed by atoms with Crippen LogP contribution in [-0.4, -0.2) is 75.5 Å². The monoisotopic (exact) mass is 446 g/mol. The Morgan fingerprint density at radius 3 is 2.64 bits per heavy atom. The molecule has 0 spiro atoms. The number of nitrogens with zero attached hydrogens (tertiary/aromatic N) is 5. The molecule has 0 unspecified atom stereocenters. The number of anilines is 1. The van der Waals surface area contributed by atoms with Crippen LogP contribution >= 0.6 is 0 Å². The molecule has 0 aliphatic carbocycles. The Labute approximate surface area is 190 Å². The summed E-state index contributed by atoms with van der Waals surface area (Å²) < 4.78 is 12.7. The topological polar surface area (TPSA) is 102 Å². The third-order valence-corrected chi connectivity index (χ3v) is 6.78. The van der Waals surface area contributed by atoms with Crippen LogP contribution in [0.25, 0.3) is 27.9 Å². The summed E-state index contributed by atoms with van der Waals surface area (Å²) in [5.74, 6) is 0.0276. The fourth-order valence-corrected chi connectivity index (χ4v) is 4.97. The maximum absolute atomic E-state index is 13.4. The summed E-state index contributed by atoms with van der Waals surface area (Å²) in [7, 11) is 0. The van der Waals surface area contributed by atoms with Gasteiger partial charge in [-0.3, -0.25) is 14.1 Å². The molecule has 2 aliphatic rings. The SMILES string of the molecule is Nc1nc2cc(-c3ccc4ncc(C(=O)N5CCC(N6CCOCC6)CC5)n4c3)ccc2o1. The lowest BCUT2D eigenvalue weighted by molar-refractivity contribution is 0.00152. The maximum Gasteiger partial charge on any atom is 0.292 e. The number of rotatable bonds is 3. The first-order valence-electron chi connectivity index (χ1n) is 11.4. The molecule has 2 fully saturated rings. The first-order valence-corrected chi connectivity index (χ1v) is 11.4. The number of nitrogen functional groups attached to an aromatic ring is 1. The number of nitrogens with two attached hydrogens (primary N) is 1. The number of carbonyl (C=O) groups is 1. The van der Waals surface area contributed by atoms with Crippen LogP contribution in [0.4, 0.5) is 6.01 Å². The van der Waals surface area contributed by atoms with Crippen LogP contribution in [0.15, 0.2) is 47.1 Å². The summed E-state index contributed by atoms with van der Waals surface area (Å²) in [6.07, 6.45) is 5.63. The third-order valence-electron chi connectivity index (χ3n) is 6.78. The predicted octanol–water partition coefficient (Wildman–Crippen LogP) is 2.66. The number of fused-ring (bicyclic) bond motifs is 2. The Balaban J connectivity index is 1.23. The predicted molar refractivity (Wildman–Crippen MR) is 124 cm³/mol. The van der Waals surface area contributed by atoms with Gasteiger partial charge in [-0.25, -0.2) is 4.98 Å². The number of pyridine rings is 1. The zero-order valence-corrected chi connectivity index (χ0v) is 18.3. The van der Waals surface area contributed by atoms with Crippen LogP contribution in [0.5, 0.6) is 0 Å². The number of likely N-dealkylation sites (tertiary alicyclic amines) is 1. The maximum atomic E-state index is 13.4. The van der Waals surface area contributed by atoms with E-state index in [0.717, 1.165) is 69.0 Å². The molecule has 9 heteroatoms. The van der Waals surface area contributed by atoms with Crippen LogP contribution in [0.1, 0.15) is 23.3 Å². The molecule has 0 radical (unpaired) electrons. The van der Waals surface area contributed by atoms with Gasteiger partial charge in [0.2, 0.25) is 0 Å². The number of piperidine rings is 1. The molecule has 0 bridgehead atoms. The average Bonchev–Trinajstić information content (AvgIpc) is 3.45. The van der Waals surface area contributed by atoms with Gasteiger partial charge in [-0.05, 0) is 48.2 Å². The lowest BCUT2D eigenvalue weighted by Gasteiger charge is -2.40. The molecule has 9 nitrogen and oxygen atoms in total. The van der Waals surface area contributed by atoms with Crippen LogP contribution in [0, 0.1) is 0 Å². The molecule has 2 aliphatic heterocycles. The molecule has 2 saturated heterocycles. The molecule has 33 heavy (non-hydrogen) atoms. The van der Waals surface area contributed by atoms with Crippen molar-refractivity contribution in [1.82, 2.24) is 24.2 Å². The quantitative estimate of drug-likeness (QED) is 0.516. The zero-order chi connectivity index (χ0) is 22.4. The van der Waals surface area contributed by atoms with Gasteiger partial charge in [0.25, 0.3) is 11.9 Å². The van der Waals surface area contributed by atoms with Gasteiger partial charge in [0.15, 0.2) is 5.58 Å². The number of aromatic nitrogens is 3. The molecule has 0 atom stereocenters. The molecule has 6 rings (SSSR count). The van der Waals surface area contributed by atoms with E-state index in [2.05, 4.69) is 14.9 Å². The van der Waals surface area contributed by atoms with Crippen LogP contribution in [0.2, 0.25) is 0 Å². The molecule has 1 amide bonds. The smallest absolute Gasteiger partial charge is 0.292 e. The van der Waals surface area contributed by atoms with Crippen LogP contribution in [0.3, 0.4) is 0 Å². The second-order valence-electron chi connectivity index (χ2n) is 8.70. The van der Waals surface area contributed by atoms with Gasteiger partial charge < -0.3 is 19.8 Å². The summed E-state index contributed by atoms with van der Waals surface area (Å²) in [6, 6.07) is 10.4. The number of imidazole rings is 1. The van der Waals surface area contributed by atoms with Gasteiger partial charge in [-0.2, -0.15) is 4.98 Å². The summed E-state index contributed by atoms with van der Waals surface area (Å²) in [6.45, 7) is 5.11. The number of carbonyl (C=O) groups excluding carboxylic acids is 1. The number of ether oxygens (including phenoxy) is 1. The molecule has 1 aromatic carbocycles. The van der Waals surface area contributed by atoms with Gasteiger partial charge >= 0.3 is 0 Å². The minimum absolute atomic E-state index is 0.0276. The molecular weight excluding hydrogens is 420 g/mol. The van der Waals surface area contributed by atoms with Crippen molar-refractivity contribution in [3.8, 4) is 11.1 Å². The Morgan fingerprint density at radius 1 is 1.03 bits per heavy atom. The second-order valence-corrected chi connectivity index (χ2v) is 8.70. The van der Waals surface area contributed by atoms with E-state index in [9.17, 15) is 4.79 Å². The molecule has 170 valence electrons. The number of amides is 1. The number of hydrogen-bond acceptors (Lipinski definition) is 7. The largest absolute Gasteiger partial charge is 0.424 e. The van der Waals surface area contributed by atoms with E-state index in [1.54, 1.807) is 6.20 Å². The molecule has 2 N–H and O–H groups in total. The highest BCUT2D eigenvalue weighted by molar-refractivity contribution is 5.93. The first-order chi connectivity index (χ1) is 16.2. The Bertz CT molecular complexity index is 1310. The van der Waals surface area contributed by atoms with Gasteiger partial charge in [0, 0.05) is 38.4 Å². The van der Waals surface area contributed by atoms with Crippen LogP contribution < -0.4 is 5.73 Å².